The highest BCUT2D eigenvalue weighted by Crippen LogP contribution is 2.42. The second kappa shape index (κ2) is 5.42. The van der Waals surface area contributed by atoms with E-state index in [1.165, 1.54) is 6.07 Å². The third-order valence-electron chi connectivity index (χ3n) is 3.42. The summed E-state index contributed by atoms with van der Waals surface area (Å²) in [4.78, 5) is 11.3. The number of aliphatic carboxylic acids is 1. The van der Waals surface area contributed by atoms with Crippen molar-refractivity contribution in [3.8, 4) is 0 Å². The highest BCUT2D eigenvalue weighted by molar-refractivity contribution is 7.93. The topological polar surface area (TPSA) is 74.7 Å². The fraction of sp³-hybridized carbons (Fsp3) is 0.154. The Hall–Kier alpha value is -1.28. The van der Waals surface area contributed by atoms with Crippen molar-refractivity contribution in [1.29, 1.82) is 0 Å². The van der Waals surface area contributed by atoms with Crippen molar-refractivity contribution in [3.63, 3.8) is 0 Å². The van der Waals surface area contributed by atoms with Gasteiger partial charge in [-0.3, -0.25) is 9.10 Å². The molecule has 0 saturated carbocycles. The van der Waals surface area contributed by atoms with Crippen LogP contribution in [0.25, 0.3) is 0 Å². The molecule has 1 unspecified atom stereocenters. The lowest BCUT2D eigenvalue weighted by atomic mass is 10.0. The van der Waals surface area contributed by atoms with Crippen molar-refractivity contribution < 1.29 is 18.3 Å². The maximum absolute atomic E-state index is 12.8. The number of hydrogen-bond acceptors (Lipinski definition) is 4. The molecule has 1 aliphatic rings. The Kier molecular flexibility index (Phi) is 3.84. The fourth-order valence-corrected chi connectivity index (χ4v) is 6.05. The van der Waals surface area contributed by atoms with Crippen LogP contribution in [0, 0.1) is 0 Å². The highest BCUT2D eigenvalue weighted by Gasteiger charge is 2.40. The SMILES string of the molecule is O=C(O)C1CN(S(=O)(=O)c2cc(Cl)sc2Cl)c2ccccc21. The molecule has 0 radical (unpaired) electrons. The number of sulfonamides is 1. The third-order valence-corrected chi connectivity index (χ3v) is 6.95. The summed E-state index contributed by atoms with van der Waals surface area (Å²) in [6.45, 7) is -0.166. The summed E-state index contributed by atoms with van der Waals surface area (Å²) in [5, 5.41) is 9.31. The standard InChI is InChI=1S/C13H9Cl2NO4S2/c14-11-5-10(12(15)21-11)22(19,20)16-6-8(13(17)18)7-3-1-2-4-9(7)16/h1-5,8H,6H2,(H,17,18). The van der Waals surface area contributed by atoms with Gasteiger partial charge in [-0.05, 0) is 17.7 Å². The van der Waals surface area contributed by atoms with Crippen molar-refractivity contribution in [2.75, 3.05) is 10.8 Å². The van der Waals surface area contributed by atoms with Gasteiger partial charge in [0, 0.05) is 0 Å². The number of carbonyl (C=O) groups is 1. The Morgan fingerprint density at radius 1 is 1.32 bits per heavy atom. The summed E-state index contributed by atoms with van der Waals surface area (Å²) >= 11 is 12.7. The Morgan fingerprint density at radius 2 is 2.00 bits per heavy atom. The second-order valence-corrected chi connectivity index (χ2v) is 8.79. The van der Waals surface area contributed by atoms with E-state index in [0.717, 1.165) is 15.6 Å². The first-order chi connectivity index (χ1) is 10.3. The van der Waals surface area contributed by atoms with Gasteiger partial charge in [-0.15, -0.1) is 11.3 Å². The van der Waals surface area contributed by atoms with Gasteiger partial charge in [0.1, 0.15) is 15.1 Å². The Balaban J connectivity index is 2.13. The summed E-state index contributed by atoms with van der Waals surface area (Å²) in [5.74, 6) is -1.97. The molecule has 2 aromatic rings. The summed E-state index contributed by atoms with van der Waals surface area (Å²) in [6, 6.07) is 7.82. The van der Waals surface area contributed by atoms with Crippen LogP contribution in [0.15, 0.2) is 35.2 Å². The molecule has 0 aliphatic carbocycles. The fourth-order valence-electron chi connectivity index (χ4n) is 2.43. The number of fused-ring (bicyclic) bond motifs is 1. The van der Waals surface area contributed by atoms with Crippen molar-refractivity contribution >= 4 is 56.2 Å². The number of anilines is 1. The highest BCUT2D eigenvalue weighted by atomic mass is 35.5. The quantitative estimate of drug-likeness (QED) is 0.888. The first-order valence-electron chi connectivity index (χ1n) is 6.11. The van der Waals surface area contributed by atoms with Gasteiger partial charge < -0.3 is 5.11 Å². The van der Waals surface area contributed by atoms with Crippen LogP contribution in [0.2, 0.25) is 8.67 Å². The van der Waals surface area contributed by atoms with Crippen molar-refractivity contribution in [2.24, 2.45) is 0 Å². The van der Waals surface area contributed by atoms with Crippen LogP contribution >= 0.6 is 34.5 Å². The zero-order valence-electron chi connectivity index (χ0n) is 10.9. The number of carboxylic acid groups (broad SMARTS) is 1. The molecular formula is C13H9Cl2NO4S2. The van der Waals surface area contributed by atoms with Crippen LogP contribution in [0.4, 0.5) is 5.69 Å². The summed E-state index contributed by atoms with van der Waals surface area (Å²) in [7, 11) is -3.96. The lowest BCUT2D eigenvalue weighted by Gasteiger charge is -2.19. The van der Waals surface area contributed by atoms with Gasteiger partial charge in [0.15, 0.2) is 0 Å². The van der Waals surface area contributed by atoms with Gasteiger partial charge in [-0.25, -0.2) is 8.42 Å². The molecule has 0 saturated heterocycles. The summed E-state index contributed by atoms with van der Waals surface area (Å²) < 4.78 is 27.0. The average Bonchev–Trinajstić information content (AvgIpc) is 2.99. The normalized spacial score (nSPS) is 17.5. The molecule has 116 valence electrons. The van der Waals surface area contributed by atoms with Crippen molar-refractivity contribution in [3.05, 3.63) is 44.6 Å². The van der Waals surface area contributed by atoms with Crippen LogP contribution < -0.4 is 4.31 Å². The molecule has 2 heterocycles. The minimum atomic E-state index is -3.96. The van der Waals surface area contributed by atoms with Crippen molar-refractivity contribution in [1.82, 2.24) is 0 Å². The summed E-state index contributed by atoms with van der Waals surface area (Å²) in [6.07, 6.45) is 0. The van der Waals surface area contributed by atoms with E-state index in [1.54, 1.807) is 24.3 Å². The van der Waals surface area contributed by atoms with E-state index >= 15 is 0 Å². The van der Waals surface area contributed by atoms with E-state index in [2.05, 4.69) is 0 Å². The van der Waals surface area contributed by atoms with E-state index in [1.807, 2.05) is 0 Å². The van der Waals surface area contributed by atoms with Gasteiger partial charge in [-0.1, -0.05) is 41.4 Å². The molecule has 1 aromatic carbocycles. The average molecular weight is 378 g/mol. The predicted molar refractivity (Wildman–Crippen MR) is 85.7 cm³/mol. The Bertz CT molecular complexity index is 863. The van der Waals surface area contributed by atoms with Crippen LogP contribution in [-0.2, 0) is 14.8 Å². The van der Waals surface area contributed by atoms with E-state index < -0.39 is 21.9 Å². The third kappa shape index (κ3) is 2.38. The van der Waals surface area contributed by atoms with E-state index in [0.29, 0.717) is 11.3 Å². The minimum absolute atomic E-state index is 0.0567. The molecule has 3 rings (SSSR count). The van der Waals surface area contributed by atoms with Crippen LogP contribution in [0.1, 0.15) is 11.5 Å². The maximum Gasteiger partial charge on any atom is 0.312 e. The molecule has 5 nitrogen and oxygen atoms in total. The van der Waals surface area contributed by atoms with Crippen LogP contribution in [0.3, 0.4) is 0 Å². The molecule has 1 aliphatic heterocycles. The zero-order chi connectivity index (χ0) is 16.1. The maximum atomic E-state index is 12.8. The number of para-hydroxylation sites is 1. The zero-order valence-corrected chi connectivity index (χ0v) is 14.0. The largest absolute Gasteiger partial charge is 0.481 e. The predicted octanol–water partition coefficient (Wildman–Crippen LogP) is 3.43. The number of benzene rings is 1. The van der Waals surface area contributed by atoms with Gasteiger partial charge in [-0.2, -0.15) is 0 Å². The molecular weight excluding hydrogens is 369 g/mol. The Morgan fingerprint density at radius 3 is 2.59 bits per heavy atom. The first-order valence-corrected chi connectivity index (χ1v) is 9.13. The number of thiophene rings is 1. The molecule has 0 amide bonds. The van der Waals surface area contributed by atoms with Crippen molar-refractivity contribution in [2.45, 2.75) is 10.8 Å². The number of nitrogens with zero attached hydrogens (tertiary/aromatic N) is 1. The number of halogens is 2. The molecule has 1 N–H and O–H groups in total. The second-order valence-electron chi connectivity index (χ2n) is 4.67. The minimum Gasteiger partial charge on any atom is -0.481 e. The molecule has 0 spiro atoms. The van der Waals surface area contributed by atoms with Crippen LogP contribution in [-0.4, -0.2) is 26.0 Å². The van der Waals surface area contributed by atoms with E-state index in [-0.39, 0.29) is 20.1 Å². The number of hydrogen-bond donors (Lipinski definition) is 1. The number of rotatable bonds is 3. The van der Waals surface area contributed by atoms with Gasteiger partial charge in [0.2, 0.25) is 0 Å². The molecule has 0 fully saturated rings. The van der Waals surface area contributed by atoms with Gasteiger partial charge in [0.25, 0.3) is 10.0 Å². The molecule has 1 aromatic heterocycles. The van der Waals surface area contributed by atoms with Gasteiger partial charge >= 0.3 is 5.97 Å². The lowest BCUT2D eigenvalue weighted by molar-refractivity contribution is -0.138. The Labute approximate surface area is 140 Å². The smallest absolute Gasteiger partial charge is 0.312 e. The number of carboxylic acids is 1. The van der Waals surface area contributed by atoms with Gasteiger partial charge in [0.05, 0.1) is 16.6 Å². The summed E-state index contributed by atoms with van der Waals surface area (Å²) in [5.41, 5.74) is 0.823. The lowest BCUT2D eigenvalue weighted by Crippen LogP contribution is -2.31. The van der Waals surface area contributed by atoms with E-state index in [9.17, 15) is 18.3 Å². The molecule has 22 heavy (non-hydrogen) atoms. The molecule has 0 bridgehead atoms. The van der Waals surface area contributed by atoms with Crippen LogP contribution in [0.5, 0.6) is 0 Å². The van der Waals surface area contributed by atoms with E-state index in [4.69, 9.17) is 23.2 Å². The first kappa shape index (κ1) is 15.6. The monoisotopic (exact) mass is 377 g/mol. The molecule has 9 heteroatoms. The molecule has 1 atom stereocenters.